The minimum Gasteiger partial charge on any atom is -0.481 e. The molecule has 0 aromatic heterocycles. The summed E-state index contributed by atoms with van der Waals surface area (Å²) < 4.78 is 29.7. The maximum absolute atomic E-state index is 13.2. The molecule has 1 amide bonds. The highest BCUT2D eigenvalue weighted by Gasteiger charge is 2.60. The number of aliphatic hydroxyl groups is 1. The van der Waals surface area contributed by atoms with Gasteiger partial charge in [0, 0.05) is 53.8 Å². The number of carboxylic acids is 1. The molecule has 0 radical (unpaired) electrons. The molecule has 19 heteroatoms. The highest BCUT2D eigenvalue weighted by Crippen LogP contribution is 2.52. The van der Waals surface area contributed by atoms with Gasteiger partial charge in [-0.2, -0.15) is 8.42 Å². The van der Waals surface area contributed by atoms with Crippen molar-refractivity contribution in [1.29, 1.82) is 0 Å². The third-order valence-electron chi connectivity index (χ3n) is 7.27. The molecule has 0 saturated carbocycles. The molecule has 3 aliphatic heterocycles. The van der Waals surface area contributed by atoms with E-state index >= 15 is 0 Å². The summed E-state index contributed by atoms with van der Waals surface area (Å²) in [6.45, 7) is 5.73. The minimum absolute atomic E-state index is 0. The third kappa shape index (κ3) is 9.77. The average molecular weight is 692 g/mol. The summed E-state index contributed by atoms with van der Waals surface area (Å²) in [7, 11) is -3.85. The van der Waals surface area contributed by atoms with Crippen LogP contribution in [0.4, 0.5) is 5.69 Å². The lowest BCUT2D eigenvalue weighted by Crippen LogP contribution is -2.63. The Kier molecular flexibility index (Phi) is 14.9. The number of carbonyl (C=O) groups excluding carboxylic acids is 3. The highest BCUT2D eigenvalue weighted by molar-refractivity contribution is 8.03. The molecular formula is C27H41N5O12S2. The number of amides is 1. The number of nitro benzene ring substituents is 1. The first-order chi connectivity index (χ1) is 20.5. The lowest BCUT2D eigenvalue weighted by Gasteiger charge is -2.46. The molecular weight excluding hydrogens is 650 g/mol. The standard InChI is InChI=1S/C22H27N5O9S2.C4H8O2.CH4.H2O/c1-10-17-16(11(2)28)20(29)26(17)18(19(10)37-15-7-13(24-9-15)8-25-38(23,34)35)22(31)36-21(30)12-3-5-14(6-4-12)27(32)33;1-2-3-4(5)6;;/h3-6,10-11,13,15-17,24-25,28H,7-9H2,1-2H3,(H2,23,34,35);2-3H2,1H3,(H,5,6);1H4;1H2/t10-,11-,13+,15+,16-,17-;;;/m1.../s1. The summed E-state index contributed by atoms with van der Waals surface area (Å²) in [6.07, 6.45) is 0.609. The number of esters is 2. The van der Waals surface area contributed by atoms with Gasteiger partial charge in [0.05, 0.1) is 28.6 Å². The van der Waals surface area contributed by atoms with Gasteiger partial charge < -0.3 is 30.6 Å². The molecule has 46 heavy (non-hydrogen) atoms. The van der Waals surface area contributed by atoms with Crippen LogP contribution in [0.2, 0.25) is 0 Å². The van der Waals surface area contributed by atoms with Crippen LogP contribution in [-0.4, -0.2) is 94.3 Å². The summed E-state index contributed by atoms with van der Waals surface area (Å²) in [5.41, 5.74) is -0.390. The molecule has 0 unspecified atom stereocenters. The Hall–Kier alpha value is -3.46. The van der Waals surface area contributed by atoms with Crippen molar-refractivity contribution in [1.82, 2.24) is 14.9 Å². The van der Waals surface area contributed by atoms with E-state index in [0.717, 1.165) is 30.7 Å². The smallest absolute Gasteiger partial charge is 0.363 e. The van der Waals surface area contributed by atoms with Crippen LogP contribution in [0.25, 0.3) is 0 Å². The van der Waals surface area contributed by atoms with Crippen molar-refractivity contribution in [2.45, 2.75) is 70.9 Å². The van der Waals surface area contributed by atoms with Crippen LogP contribution in [0.3, 0.4) is 0 Å². The summed E-state index contributed by atoms with van der Waals surface area (Å²) in [5, 5.41) is 37.0. The largest absolute Gasteiger partial charge is 0.481 e. The minimum atomic E-state index is -3.85. The van der Waals surface area contributed by atoms with Crippen LogP contribution < -0.4 is 15.2 Å². The molecule has 4 rings (SSSR count). The molecule has 1 aromatic rings. The monoisotopic (exact) mass is 691 g/mol. The fraction of sp³-hybridized carbons (Fsp3) is 0.556. The Bertz CT molecular complexity index is 1430. The van der Waals surface area contributed by atoms with Crippen LogP contribution >= 0.6 is 11.8 Å². The van der Waals surface area contributed by atoms with Gasteiger partial charge in [0.15, 0.2) is 0 Å². The van der Waals surface area contributed by atoms with Gasteiger partial charge in [0.25, 0.3) is 15.9 Å². The number of β-lactam (4-membered cyclic amide) rings is 1. The lowest BCUT2D eigenvalue weighted by atomic mass is 9.79. The number of carboxylic acid groups (broad SMARTS) is 1. The van der Waals surface area contributed by atoms with Crippen LogP contribution in [0.5, 0.6) is 0 Å². The van der Waals surface area contributed by atoms with Gasteiger partial charge in [0.2, 0.25) is 5.91 Å². The first-order valence-electron chi connectivity index (χ1n) is 13.7. The normalized spacial score (nSPS) is 23.9. The Balaban J connectivity index is 0.00000121. The van der Waals surface area contributed by atoms with Crippen molar-refractivity contribution in [3.05, 3.63) is 50.5 Å². The van der Waals surface area contributed by atoms with E-state index in [-0.39, 0.29) is 53.6 Å². The van der Waals surface area contributed by atoms with Crippen LogP contribution in [0.1, 0.15) is 57.8 Å². The third-order valence-corrected chi connectivity index (χ3v) is 9.35. The number of ether oxygens (including phenoxy) is 1. The van der Waals surface area contributed by atoms with Crippen molar-refractivity contribution >= 4 is 51.5 Å². The second-order valence-corrected chi connectivity index (χ2v) is 13.3. The number of carbonyl (C=O) groups is 4. The number of thioether (sulfide) groups is 1. The van der Waals surface area contributed by atoms with Crippen molar-refractivity contribution in [2.24, 2.45) is 17.0 Å². The SMILES string of the molecule is C.CCCC(=O)O.C[C@@H](O)[C@H]1C(=O)N2C(C(=O)OC(=O)c3ccc([N+](=O)[O-])cc3)=C(S[C@@H]3CN[C@H](CNS(N)(=O)=O)C3)[C@H](C)[C@H]12.O. The lowest BCUT2D eigenvalue weighted by molar-refractivity contribution is -0.384. The van der Waals surface area contributed by atoms with E-state index in [4.69, 9.17) is 15.0 Å². The Morgan fingerprint density at radius 1 is 1.26 bits per heavy atom. The molecule has 0 aliphatic carbocycles. The number of non-ortho nitro benzene ring substituents is 1. The number of rotatable bonds is 11. The predicted molar refractivity (Wildman–Crippen MR) is 167 cm³/mol. The van der Waals surface area contributed by atoms with Gasteiger partial charge in [-0.3, -0.25) is 19.7 Å². The predicted octanol–water partition coefficient (Wildman–Crippen LogP) is 0.287. The number of nitrogens with two attached hydrogens (primary N) is 1. The number of hydrogen-bond donors (Lipinski definition) is 5. The van der Waals surface area contributed by atoms with E-state index in [1.807, 2.05) is 13.8 Å². The van der Waals surface area contributed by atoms with Gasteiger partial charge in [-0.1, -0.05) is 21.3 Å². The van der Waals surface area contributed by atoms with Gasteiger partial charge >= 0.3 is 17.9 Å². The first kappa shape index (κ1) is 40.6. The fourth-order valence-electron chi connectivity index (χ4n) is 5.22. The number of aliphatic carboxylic acids is 1. The molecule has 258 valence electrons. The molecule has 2 fully saturated rings. The zero-order chi connectivity index (χ0) is 32.9. The number of hydrogen-bond acceptors (Lipinski definition) is 12. The Labute approximate surface area is 270 Å². The summed E-state index contributed by atoms with van der Waals surface area (Å²) >= 11 is 1.33. The van der Waals surface area contributed by atoms with Crippen LogP contribution in [-0.2, 0) is 29.3 Å². The summed E-state index contributed by atoms with van der Waals surface area (Å²) in [4.78, 5) is 60.4. The van der Waals surface area contributed by atoms with Crippen molar-refractivity contribution in [2.75, 3.05) is 13.1 Å². The molecule has 2 saturated heterocycles. The number of benzene rings is 1. The second kappa shape index (κ2) is 16.9. The Morgan fingerprint density at radius 3 is 2.35 bits per heavy atom. The number of nitrogens with zero attached hydrogens (tertiary/aromatic N) is 2. The number of nitro groups is 1. The van der Waals surface area contributed by atoms with Crippen molar-refractivity contribution in [3.8, 4) is 0 Å². The van der Waals surface area contributed by atoms with Gasteiger partial charge in [-0.15, -0.1) is 11.8 Å². The van der Waals surface area contributed by atoms with Gasteiger partial charge in [-0.05, 0) is 31.9 Å². The van der Waals surface area contributed by atoms with E-state index in [1.54, 1.807) is 0 Å². The molecule has 1 aromatic carbocycles. The molecule has 3 aliphatic rings. The van der Waals surface area contributed by atoms with E-state index in [9.17, 15) is 42.8 Å². The van der Waals surface area contributed by atoms with Crippen molar-refractivity contribution in [3.63, 3.8) is 0 Å². The number of aliphatic hydroxyl groups excluding tert-OH is 1. The molecule has 6 atom stereocenters. The molecule has 3 heterocycles. The average Bonchev–Trinajstić information content (AvgIpc) is 3.48. The second-order valence-electron chi connectivity index (χ2n) is 10.6. The maximum atomic E-state index is 13.2. The quantitative estimate of drug-likeness (QED) is 0.0686. The van der Waals surface area contributed by atoms with Gasteiger partial charge in [-0.25, -0.2) is 19.5 Å². The maximum Gasteiger partial charge on any atom is 0.363 e. The number of nitrogens with one attached hydrogen (secondary N) is 2. The molecule has 0 spiro atoms. The zero-order valence-electron chi connectivity index (χ0n) is 24.7. The van der Waals surface area contributed by atoms with E-state index in [2.05, 4.69) is 10.0 Å². The van der Waals surface area contributed by atoms with E-state index in [0.29, 0.717) is 24.3 Å². The molecule has 8 N–H and O–H groups in total. The zero-order valence-corrected chi connectivity index (χ0v) is 26.3. The number of fused-ring (bicyclic) bond motifs is 1. The highest BCUT2D eigenvalue weighted by atomic mass is 32.2. The van der Waals surface area contributed by atoms with E-state index in [1.165, 1.54) is 23.6 Å². The van der Waals surface area contributed by atoms with Gasteiger partial charge in [0.1, 0.15) is 5.70 Å². The summed E-state index contributed by atoms with van der Waals surface area (Å²) in [6, 6.07) is 3.85. The topological polar surface area (TPSA) is 280 Å². The van der Waals surface area contributed by atoms with E-state index < -0.39 is 57.0 Å². The molecule has 17 nitrogen and oxygen atoms in total. The van der Waals surface area contributed by atoms with Crippen LogP contribution in [0.15, 0.2) is 34.9 Å². The molecule has 0 bridgehead atoms. The Morgan fingerprint density at radius 2 is 1.87 bits per heavy atom. The van der Waals surface area contributed by atoms with Crippen molar-refractivity contribution < 1.29 is 52.9 Å². The summed E-state index contributed by atoms with van der Waals surface area (Å²) in [5.74, 6) is -4.30. The fourth-order valence-corrected chi connectivity index (χ4v) is 7.17. The van der Waals surface area contributed by atoms with Crippen LogP contribution in [0, 0.1) is 22.0 Å². The first-order valence-corrected chi connectivity index (χ1v) is 16.1.